The summed E-state index contributed by atoms with van der Waals surface area (Å²) in [4.78, 5) is 23.8. The van der Waals surface area contributed by atoms with Crippen molar-refractivity contribution in [3.8, 4) is 0 Å². The van der Waals surface area contributed by atoms with Crippen LogP contribution >= 0.6 is 0 Å². The van der Waals surface area contributed by atoms with Gasteiger partial charge in [0.25, 0.3) is 0 Å². The number of unbranched alkanes of at least 4 members (excludes halogenated alkanes) is 7. The van der Waals surface area contributed by atoms with Crippen molar-refractivity contribution in [3.63, 3.8) is 0 Å². The summed E-state index contributed by atoms with van der Waals surface area (Å²) in [6.45, 7) is 6.72. The first-order valence-electron chi connectivity index (χ1n) is 12.4. The van der Waals surface area contributed by atoms with Crippen molar-refractivity contribution >= 4 is 11.9 Å². The molecular formula is C25H46O4. The number of carboxylic acids is 1. The van der Waals surface area contributed by atoms with Gasteiger partial charge >= 0.3 is 11.9 Å². The topological polar surface area (TPSA) is 63.6 Å². The monoisotopic (exact) mass is 410 g/mol. The highest BCUT2D eigenvalue weighted by Crippen LogP contribution is 2.30. The van der Waals surface area contributed by atoms with Crippen molar-refractivity contribution in [2.75, 3.05) is 0 Å². The fraction of sp³-hybridized carbons (Fsp3) is 0.920. The molecule has 1 rings (SSSR count). The Hall–Kier alpha value is -1.06. The number of hydrogen-bond donors (Lipinski definition) is 1. The molecule has 1 aliphatic carbocycles. The molecular weight excluding hydrogens is 364 g/mol. The third kappa shape index (κ3) is 12.3. The predicted molar refractivity (Wildman–Crippen MR) is 119 cm³/mol. The SMILES string of the molecule is CCCCCCCCCCC(CCCC(C)C)OC(=O)C1CCC(C(=O)O)CC1. The zero-order chi connectivity index (χ0) is 21.5. The van der Waals surface area contributed by atoms with Gasteiger partial charge in [-0.15, -0.1) is 0 Å². The first-order chi connectivity index (χ1) is 13.9. The van der Waals surface area contributed by atoms with Crippen LogP contribution in [-0.4, -0.2) is 23.1 Å². The van der Waals surface area contributed by atoms with Crippen molar-refractivity contribution in [1.82, 2.24) is 0 Å². The van der Waals surface area contributed by atoms with E-state index in [2.05, 4.69) is 20.8 Å². The minimum Gasteiger partial charge on any atom is -0.481 e. The lowest BCUT2D eigenvalue weighted by atomic mass is 9.82. The Bertz CT molecular complexity index is 438. The van der Waals surface area contributed by atoms with Crippen molar-refractivity contribution in [1.29, 1.82) is 0 Å². The maximum atomic E-state index is 12.6. The molecule has 0 radical (unpaired) electrons. The Balaban J connectivity index is 2.34. The number of aliphatic carboxylic acids is 1. The molecule has 0 amide bonds. The van der Waals surface area contributed by atoms with Crippen LogP contribution in [0.5, 0.6) is 0 Å². The van der Waals surface area contributed by atoms with Crippen LogP contribution in [0.1, 0.15) is 124 Å². The summed E-state index contributed by atoms with van der Waals surface area (Å²) in [6.07, 6.45) is 17.1. The van der Waals surface area contributed by atoms with E-state index < -0.39 is 5.97 Å². The highest BCUT2D eigenvalue weighted by atomic mass is 16.5. The van der Waals surface area contributed by atoms with E-state index in [1.165, 1.54) is 51.4 Å². The molecule has 0 aromatic rings. The van der Waals surface area contributed by atoms with Gasteiger partial charge in [0.15, 0.2) is 0 Å². The molecule has 4 nitrogen and oxygen atoms in total. The fourth-order valence-corrected chi connectivity index (χ4v) is 4.36. The summed E-state index contributed by atoms with van der Waals surface area (Å²) in [5.74, 6) is -0.503. The van der Waals surface area contributed by atoms with E-state index in [1.54, 1.807) is 0 Å². The molecule has 1 N–H and O–H groups in total. The number of carbonyl (C=O) groups excluding carboxylic acids is 1. The summed E-state index contributed by atoms with van der Waals surface area (Å²) in [6, 6.07) is 0. The molecule has 0 spiro atoms. The molecule has 4 heteroatoms. The van der Waals surface area contributed by atoms with Gasteiger partial charge in [-0.25, -0.2) is 0 Å². The van der Waals surface area contributed by atoms with Crippen LogP contribution in [-0.2, 0) is 14.3 Å². The standard InChI is InChI=1S/C25H46O4/c1-4-5-6-7-8-9-10-11-14-23(15-12-13-20(2)3)29-25(28)22-18-16-21(17-19-22)24(26)27/h20-23H,4-19H2,1-3H3,(H,26,27). The highest BCUT2D eigenvalue weighted by Gasteiger charge is 2.31. The van der Waals surface area contributed by atoms with Gasteiger partial charge < -0.3 is 9.84 Å². The Morgan fingerprint density at radius 2 is 1.31 bits per heavy atom. The van der Waals surface area contributed by atoms with Gasteiger partial charge in [-0.3, -0.25) is 9.59 Å². The maximum Gasteiger partial charge on any atom is 0.309 e. The molecule has 0 aromatic heterocycles. The lowest BCUT2D eigenvalue weighted by Gasteiger charge is -2.27. The van der Waals surface area contributed by atoms with Gasteiger partial charge in [-0.1, -0.05) is 72.1 Å². The van der Waals surface area contributed by atoms with E-state index in [9.17, 15) is 9.59 Å². The second-order valence-electron chi connectivity index (χ2n) is 9.53. The summed E-state index contributed by atoms with van der Waals surface area (Å²) in [5.41, 5.74) is 0. The van der Waals surface area contributed by atoms with Crippen LogP contribution in [0, 0.1) is 17.8 Å². The molecule has 29 heavy (non-hydrogen) atoms. The number of carboxylic acid groups (broad SMARTS) is 1. The lowest BCUT2D eigenvalue weighted by molar-refractivity contribution is -0.158. The lowest BCUT2D eigenvalue weighted by Crippen LogP contribution is -2.29. The molecule has 170 valence electrons. The maximum absolute atomic E-state index is 12.6. The number of esters is 1. The van der Waals surface area contributed by atoms with Crippen molar-refractivity contribution in [2.24, 2.45) is 17.8 Å². The Labute approximate surface area is 179 Å². The smallest absolute Gasteiger partial charge is 0.309 e. The van der Waals surface area contributed by atoms with E-state index in [0.29, 0.717) is 31.6 Å². The third-order valence-electron chi connectivity index (χ3n) is 6.38. The normalized spacial score (nSPS) is 20.6. The zero-order valence-electron chi connectivity index (χ0n) is 19.3. The molecule has 0 heterocycles. The van der Waals surface area contributed by atoms with E-state index in [1.807, 2.05) is 0 Å². The van der Waals surface area contributed by atoms with Crippen molar-refractivity contribution in [3.05, 3.63) is 0 Å². The molecule has 0 aromatic carbocycles. The number of rotatable bonds is 16. The molecule has 0 bridgehead atoms. The van der Waals surface area contributed by atoms with E-state index in [0.717, 1.165) is 25.7 Å². The molecule has 1 aliphatic rings. The van der Waals surface area contributed by atoms with Crippen LogP contribution < -0.4 is 0 Å². The Morgan fingerprint density at radius 3 is 1.86 bits per heavy atom. The van der Waals surface area contributed by atoms with Gasteiger partial charge in [0.1, 0.15) is 6.10 Å². The van der Waals surface area contributed by atoms with Gasteiger partial charge in [0, 0.05) is 0 Å². The number of carbonyl (C=O) groups is 2. The summed E-state index contributed by atoms with van der Waals surface area (Å²) in [5, 5.41) is 9.14. The van der Waals surface area contributed by atoms with Crippen LogP contribution in [0.3, 0.4) is 0 Å². The first-order valence-corrected chi connectivity index (χ1v) is 12.4. The van der Waals surface area contributed by atoms with Crippen LogP contribution in [0.15, 0.2) is 0 Å². The van der Waals surface area contributed by atoms with Gasteiger partial charge in [0.2, 0.25) is 0 Å². The third-order valence-corrected chi connectivity index (χ3v) is 6.38. The number of hydrogen-bond acceptors (Lipinski definition) is 3. The first kappa shape index (κ1) is 26.0. The minimum absolute atomic E-state index is 0.0403. The van der Waals surface area contributed by atoms with E-state index >= 15 is 0 Å². The second-order valence-corrected chi connectivity index (χ2v) is 9.53. The molecule has 1 saturated carbocycles. The number of ether oxygens (including phenoxy) is 1. The van der Waals surface area contributed by atoms with Crippen molar-refractivity contribution < 1.29 is 19.4 Å². The predicted octanol–water partition coefficient (Wildman–Crippen LogP) is 7.15. The molecule has 1 unspecified atom stereocenters. The average Bonchev–Trinajstić information content (AvgIpc) is 2.69. The molecule has 0 saturated heterocycles. The van der Waals surface area contributed by atoms with Gasteiger partial charge in [-0.2, -0.15) is 0 Å². The largest absolute Gasteiger partial charge is 0.481 e. The fourth-order valence-electron chi connectivity index (χ4n) is 4.36. The van der Waals surface area contributed by atoms with Crippen LogP contribution in [0.4, 0.5) is 0 Å². The molecule has 1 fully saturated rings. The summed E-state index contributed by atoms with van der Waals surface area (Å²) in [7, 11) is 0. The van der Waals surface area contributed by atoms with E-state index in [-0.39, 0.29) is 23.9 Å². The summed E-state index contributed by atoms with van der Waals surface area (Å²) >= 11 is 0. The van der Waals surface area contributed by atoms with Crippen LogP contribution in [0.2, 0.25) is 0 Å². The minimum atomic E-state index is -0.724. The van der Waals surface area contributed by atoms with E-state index in [4.69, 9.17) is 9.84 Å². The molecule has 0 aliphatic heterocycles. The van der Waals surface area contributed by atoms with Gasteiger partial charge in [-0.05, 0) is 57.3 Å². The quantitative estimate of drug-likeness (QED) is 0.217. The average molecular weight is 411 g/mol. The Morgan fingerprint density at radius 1 is 0.793 bits per heavy atom. The summed E-state index contributed by atoms with van der Waals surface area (Å²) < 4.78 is 5.94. The zero-order valence-corrected chi connectivity index (χ0v) is 19.3. The van der Waals surface area contributed by atoms with Crippen LogP contribution in [0.25, 0.3) is 0 Å². The van der Waals surface area contributed by atoms with Gasteiger partial charge in [0.05, 0.1) is 11.8 Å². The second kappa shape index (κ2) is 15.7. The molecule has 1 atom stereocenters. The van der Waals surface area contributed by atoms with Crippen molar-refractivity contribution in [2.45, 2.75) is 130 Å². The highest BCUT2D eigenvalue weighted by molar-refractivity contribution is 5.74. The Kier molecular flexibility index (Phi) is 14.1.